The molecule has 3 aromatic rings. The Morgan fingerprint density at radius 1 is 1.21 bits per heavy atom. The molecule has 4 rings (SSSR count). The molecule has 0 amide bonds. The van der Waals surface area contributed by atoms with E-state index in [1.54, 1.807) is 0 Å². The molecule has 1 aliphatic heterocycles. The highest BCUT2D eigenvalue weighted by atomic mass is 16.6. The first kappa shape index (κ1) is 18.6. The molecule has 0 aliphatic carbocycles. The van der Waals surface area contributed by atoms with Crippen molar-refractivity contribution in [3.8, 4) is 0 Å². The van der Waals surface area contributed by atoms with E-state index in [4.69, 9.17) is 10.5 Å². The number of nitrogens with one attached hydrogen (secondary N) is 1. The lowest BCUT2D eigenvalue weighted by Crippen LogP contribution is -2.33. The van der Waals surface area contributed by atoms with E-state index in [1.807, 2.05) is 37.3 Å². The van der Waals surface area contributed by atoms with Gasteiger partial charge < -0.3 is 31.1 Å². The molecule has 5 atom stereocenters. The van der Waals surface area contributed by atoms with Crippen LogP contribution < -0.4 is 11.1 Å². The van der Waals surface area contributed by atoms with Crippen LogP contribution in [-0.4, -0.2) is 59.8 Å². The standard InChI is InChI=1S/C18H22N6O4/c1-9(10-5-3-2-4-6-10)21-18-22-15(19)12-16(23-18)24(8-20-12)17-14(27)13(26)11(7-25)28-17/h2-6,8-9,11,13-14,17,25-27H,7H2,1H3,(H3,19,21,22,23)/t9?,11-,13-,14-,17?/m1/s1. The van der Waals surface area contributed by atoms with Gasteiger partial charge in [-0.1, -0.05) is 30.3 Å². The van der Waals surface area contributed by atoms with Crippen LogP contribution in [0.1, 0.15) is 24.8 Å². The van der Waals surface area contributed by atoms with E-state index < -0.39 is 31.1 Å². The van der Waals surface area contributed by atoms with Crippen LogP contribution in [0.4, 0.5) is 11.8 Å². The molecule has 0 bridgehead atoms. The summed E-state index contributed by atoms with van der Waals surface area (Å²) in [5, 5.41) is 32.8. The van der Waals surface area contributed by atoms with E-state index in [0.29, 0.717) is 17.1 Å². The highest BCUT2D eigenvalue weighted by molar-refractivity contribution is 5.83. The number of benzene rings is 1. The largest absolute Gasteiger partial charge is 0.394 e. The third-order valence-electron chi connectivity index (χ3n) is 4.88. The van der Waals surface area contributed by atoms with Crippen molar-refractivity contribution in [2.75, 3.05) is 17.7 Å². The van der Waals surface area contributed by atoms with E-state index in [-0.39, 0.29) is 11.9 Å². The monoisotopic (exact) mass is 386 g/mol. The molecule has 0 radical (unpaired) electrons. The van der Waals surface area contributed by atoms with Crippen molar-refractivity contribution < 1.29 is 20.1 Å². The van der Waals surface area contributed by atoms with Gasteiger partial charge in [-0.3, -0.25) is 4.57 Å². The highest BCUT2D eigenvalue weighted by Crippen LogP contribution is 2.32. The molecule has 10 nitrogen and oxygen atoms in total. The average Bonchev–Trinajstić information content (AvgIpc) is 3.24. The van der Waals surface area contributed by atoms with E-state index in [0.717, 1.165) is 5.56 Å². The van der Waals surface area contributed by atoms with Crippen LogP contribution in [0.15, 0.2) is 36.7 Å². The summed E-state index contributed by atoms with van der Waals surface area (Å²) in [6.07, 6.45) is -2.90. The van der Waals surface area contributed by atoms with Crippen LogP contribution in [0.25, 0.3) is 11.2 Å². The SMILES string of the molecule is CC(Nc1nc(N)c2ncn(C3O[C@H](CO)[C@@H](O)[C@H]3O)c2n1)c1ccccc1. The number of aliphatic hydroxyl groups is 3. The number of nitrogen functional groups attached to an aromatic ring is 1. The van der Waals surface area contributed by atoms with Crippen molar-refractivity contribution in [3.05, 3.63) is 42.2 Å². The zero-order valence-electron chi connectivity index (χ0n) is 15.2. The van der Waals surface area contributed by atoms with Crippen LogP contribution in [0.3, 0.4) is 0 Å². The Morgan fingerprint density at radius 2 is 1.96 bits per heavy atom. The third kappa shape index (κ3) is 3.16. The summed E-state index contributed by atoms with van der Waals surface area (Å²) >= 11 is 0. The smallest absolute Gasteiger partial charge is 0.227 e. The molecule has 1 aliphatic rings. The highest BCUT2D eigenvalue weighted by Gasteiger charge is 2.44. The number of rotatable bonds is 5. The first-order chi connectivity index (χ1) is 13.5. The second-order valence-corrected chi connectivity index (χ2v) is 6.76. The molecule has 28 heavy (non-hydrogen) atoms. The minimum Gasteiger partial charge on any atom is -0.394 e. The number of nitrogens with zero attached hydrogens (tertiary/aromatic N) is 4. The zero-order valence-corrected chi connectivity index (χ0v) is 15.2. The Balaban J connectivity index is 1.67. The summed E-state index contributed by atoms with van der Waals surface area (Å²) in [5.41, 5.74) is 7.81. The molecule has 0 spiro atoms. The van der Waals surface area contributed by atoms with Gasteiger partial charge in [-0.15, -0.1) is 0 Å². The van der Waals surface area contributed by atoms with Crippen molar-refractivity contribution in [2.24, 2.45) is 0 Å². The van der Waals surface area contributed by atoms with Gasteiger partial charge in [0, 0.05) is 0 Å². The third-order valence-corrected chi connectivity index (χ3v) is 4.88. The number of ether oxygens (including phenoxy) is 1. The van der Waals surface area contributed by atoms with Gasteiger partial charge in [0.15, 0.2) is 17.7 Å². The van der Waals surface area contributed by atoms with Crippen molar-refractivity contribution >= 4 is 22.9 Å². The minimum atomic E-state index is -1.25. The summed E-state index contributed by atoms with van der Waals surface area (Å²) < 4.78 is 7.05. The lowest BCUT2D eigenvalue weighted by Gasteiger charge is -2.18. The van der Waals surface area contributed by atoms with Crippen molar-refractivity contribution in [3.63, 3.8) is 0 Å². The topological polar surface area (TPSA) is 152 Å². The molecule has 1 aromatic carbocycles. The maximum atomic E-state index is 10.3. The molecule has 1 fully saturated rings. The van der Waals surface area contributed by atoms with Gasteiger partial charge in [-0.2, -0.15) is 9.97 Å². The number of hydrogen-bond donors (Lipinski definition) is 5. The summed E-state index contributed by atoms with van der Waals surface area (Å²) in [7, 11) is 0. The molecular formula is C18H22N6O4. The maximum absolute atomic E-state index is 10.3. The first-order valence-corrected chi connectivity index (χ1v) is 8.93. The number of imidazole rings is 1. The van der Waals surface area contributed by atoms with Gasteiger partial charge in [0.1, 0.15) is 23.8 Å². The molecule has 6 N–H and O–H groups in total. The Bertz CT molecular complexity index is 965. The number of nitrogens with two attached hydrogens (primary N) is 1. The Kier molecular flexibility index (Phi) is 4.85. The van der Waals surface area contributed by atoms with Gasteiger partial charge in [-0.05, 0) is 12.5 Å². The number of fused-ring (bicyclic) bond motifs is 1. The Hall–Kier alpha value is -2.79. The maximum Gasteiger partial charge on any atom is 0.227 e. The van der Waals surface area contributed by atoms with E-state index in [2.05, 4.69) is 20.3 Å². The van der Waals surface area contributed by atoms with E-state index >= 15 is 0 Å². The summed E-state index contributed by atoms with van der Waals surface area (Å²) in [5.74, 6) is 0.480. The van der Waals surface area contributed by atoms with Gasteiger partial charge in [-0.25, -0.2) is 4.98 Å². The van der Waals surface area contributed by atoms with Crippen molar-refractivity contribution in [1.82, 2.24) is 19.5 Å². The fraction of sp³-hybridized carbons (Fsp3) is 0.389. The van der Waals surface area contributed by atoms with Crippen LogP contribution in [0.2, 0.25) is 0 Å². The molecule has 148 valence electrons. The fourth-order valence-electron chi connectivity index (χ4n) is 3.32. The second kappa shape index (κ2) is 7.32. The minimum absolute atomic E-state index is 0.0664. The zero-order chi connectivity index (χ0) is 19.8. The number of anilines is 2. The summed E-state index contributed by atoms with van der Waals surface area (Å²) in [4.78, 5) is 12.9. The van der Waals surface area contributed by atoms with Crippen LogP contribution in [-0.2, 0) is 4.74 Å². The van der Waals surface area contributed by atoms with Crippen LogP contribution >= 0.6 is 0 Å². The quantitative estimate of drug-likeness (QED) is 0.414. The van der Waals surface area contributed by atoms with Crippen LogP contribution in [0, 0.1) is 0 Å². The van der Waals surface area contributed by atoms with Gasteiger partial charge >= 0.3 is 0 Å². The lowest BCUT2D eigenvalue weighted by molar-refractivity contribution is -0.0511. The van der Waals surface area contributed by atoms with Crippen molar-refractivity contribution in [1.29, 1.82) is 0 Å². The van der Waals surface area contributed by atoms with E-state index in [1.165, 1.54) is 10.9 Å². The molecule has 2 unspecified atom stereocenters. The molecule has 2 aromatic heterocycles. The number of hydrogen-bond acceptors (Lipinski definition) is 9. The van der Waals surface area contributed by atoms with Crippen molar-refractivity contribution in [2.45, 2.75) is 37.5 Å². The molecule has 1 saturated heterocycles. The van der Waals surface area contributed by atoms with Gasteiger partial charge in [0.25, 0.3) is 0 Å². The molecule has 3 heterocycles. The number of aliphatic hydroxyl groups excluding tert-OH is 3. The summed E-state index contributed by atoms with van der Waals surface area (Å²) in [6, 6.07) is 9.75. The number of aromatic nitrogens is 4. The normalized spacial score (nSPS) is 25.9. The predicted octanol–water partition coefficient (Wildman–Crippen LogP) is 0.193. The first-order valence-electron chi connectivity index (χ1n) is 8.93. The van der Waals surface area contributed by atoms with Crippen LogP contribution in [0.5, 0.6) is 0 Å². The fourth-order valence-corrected chi connectivity index (χ4v) is 3.32. The molecule has 10 heteroatoms. The molecular weight excluding hydrogens is 364 g/mol. The lowest BCUT2D eigenvalue weighted by atomic mass is 10.1. The van der Waals surface area contributed by atoms with Gasteiger partial charge in [0.05, 0.1) is 19.0 Å². The summed E-state index contributed by atoms with van der Waals surface area (Å²) in [6.45, 7) is 1.56. The van der Waals surface area contributed by atoms with Gasteiger partial charge in [0.2, 0.25) is 5.95 Å². The average molecular weight is 386 g/mol. The second-order valence-electron chi connectivity index (χ2n) is 6.76. The van der Waals surface area contributed by atoms with E-state index in [9.17, 15) is 15.3 Å². The Labute approximate surface area is 160 Å². The predicted molar refractivity (Wildman–Crippen MR) is 101 cm³/mol. The Morgan fingerprint density at radius 3 is 2.64 bits per heavy atom. The molecule has 0 saturated carbocycles.